The van der Waals surface area contributed by atoms with Gasteiger partial charge in [-0.25, -0.2) is 0 Å². The second kappa shape index (κ2) is 6.74. The Morgan fingerprint density at radius 3 is 2.88 bits per heavy atom. The summed E-state index contributed by atoms with van der Waals surface area (Å²) in [6, 6.07) is 10.4. The standard InChI is InChI=1S/C14H21NO2/c1-15-9-14(13-5-3-2-4-6-13)17-11-12-7-8-16-10-12/h2-6,12,14-15H,7-11H2,1H3. The summed E-state index contributed by atoms with van der Waals surface area (Å²) in [7, 11) is 1.96. The van der Waals surface area contributed by atoms with Crippen molar-refractivity contribution in [2.75, 3.05) is 33.4 Å². The van der Waals surface area contributed by atoms with Crippen molar-refractivity contribution >= 4 is 0 Å². The van der Waals surface area contributed by atoms with E-state index in [0.29, 0.717) is 5.92 Å². The minimum Gasteiger partial charge on any atom is -0.381 e. The molecule has 0 aromatic heterocycles. The normalized spacial score (nSPS) is 21.6. The Balaban J connectivity index is 1.88. The van der Waals surface area contributed by atoms with E-state index < -0.39 is 0 Å². The van der Waals surface area contributed by atoms with E-state index >= 15 is 0 Å². The maximum Gasteiger partial charge on any atom is 0.0949 e. The van der Waals surface area contributed by atoms with E-state index in [1.165, 1.54) is 5.56 Å². The van der Waals surface area contributed by atoms with Crippen LogP contribution in [-0.2, 0) is 9.47 Å². The summed E-state index contributed by atoms with van der Waals surface area (Å²) in [5.74, 6) is 0.568. The van der Waals surface area contributed by atoms with Crippen LogP contribution >= 0.6 is 0 Å². The highest BCUT2D eigenvalue weighted by Gasteiger charge is 2.18. The van der Waals surface area contributed by atoms with E-state index in [9.17, 15) is 0 Å². The van der Waals surface area contributed by atoms with Crippen molar-refractivity contribution in [3.8, 4) is 0 Å². The van der Waals surface area contributed by atoms with Crippen LogP contribution in [-0.4, -0.2) is 33.4 Å². The molecule has 0 radical (unpaired) electrons. The first kappa shape index (κ1) is 12.6. The van der Waals surface area contributed by atoms with Gasteiger partial charge < -0.3 is 14.8 Å². The lowest BCUT2D eigenvalue weighted by atomic mass is 10.1. The zero-order valence-corrected chi connectivity index (χ0v) is 10.4. The van der Waals surface area contributed by atoms with Gasteiger partial charge in [-0.1, -0.05) is 30.3 Å². The molecule has 0 spiro atoms. The van der Waals surface area contributed by atoms with E-state index in [0.717, 1.165) is 32.8 Å². The summed E-state index contributed by atoms with van der Waals surface area (Å²) >= 11 is 0. The summed E-state index contributed by atoms with van der Waals surface area (Å²) in [6.07, 6.45) is 1.27. The molecule has 2 atom stereocenters. The van der Waals surface area contributed by atoms with Crippen molar-refractivity contribution in [1.29, 1.82) is 0 Å². The fourth-order valence-electron chi connectivity index (χ4n) is 2.09. The number of nitrogens with one attached hydrogen (secondary N) is 1. The molecule has 3 nitrogen and oxygen atoms in total. The van der Waals surface area contributed by atoms with Crippen LogP contribution in [0.2, 0.25) is 0 Å². The first-order chi connectivity index (χ1) is 8.40. The fraction of sp³-hybridized carbons (Fsp3) is 0.571. The zero-order chi connectivity index (χ0) is 11.9. The van der Waals surface area contributed by atoms with Gasteiger partial charge in [-0.3, -0.25) is 0 Å². The molecule has 94 valence electrons. The van der Waals surface area contributed by atoms with Gasteiger partial charge in [0.1, 0.15) is 0 Å². The highest BCUT2D eigenvalue weighted by atomic mass is 16.5. The van der Waals surface area contributed by atoms with Crippen molar-refractivity contribution in [2.45, 2.75) is 12.5 Å². The summed E-state index contributed by atoms with van der Waals surface area (Å²) in [5, 5.41) is 3.19. The Kier molecular flexibility index (Phi) is 4.98. The maximum absolute atomic E-state index is 6.01. The number of hydrogen-bond donors (Lipinski definition) is 1. The summed E-state index contributed by atoms with van der Waals surface area (Å²) < 4.78 is 11.4. The van der Waals surface area contributed by atoms with Gasteiger partial charge in [0.05, 0.1) is 19.3 Å². The van der Waals surface area contributed by atoms with Gasteiger partial charge in [0.25, 0.3) is 0 Å². The molecule has 2 unspecified atom stereocenters. The van der Waals surface area contributed by atoms with Gasteiger partial charge in [0.2, 0.25) is 0 Å². The molecule has 1 aliphatic heterocycles. The quantitative estimate of drug-likeness (QED) is 0.818. The van der Waals surface area contributed by atoms with Crippen LogP contribution in [0.5, 0.6) is 0 Å². The predicted molar refractivity (Wildman–Crippen MR) is 68.0 cm³/mol. The van der Waals surface area contributed by atoms with Gasteiger partial charge in [-0.15, -0.1) is 0 Å². The predicted octanol–water partition coefficient (Wildman–Crippen LogP) is 2.00. The molecular weight excluding hydrogens is 214 g/mol. The van der Waals surface area contributed by atoms with Gasteiger partial charge in [0, 0.05) is 19.1 Å². The fourth-order valence-corrected chi connectivity index (χ4v) is 2.09. The van der Waals surface area contributed by atoms with E-state index in [2.05, 4.69) is 29.6 Å². The second-order valence-corrected chi connectivity index (χ2v) is 4.52. The third kappa shape index (κ3) is 3.80. The van der Waals surface area contributed by atoms with Crippen LogP contribution in [0.1, 0.15) is 18.1 Å². The van der Waals surface area contributed by atoms with Crippen LogP contribution in [0, 0.1) is 5.92 Å². The third-order valence-electron chi connectivity index (χ3n) is 3.12. The first-order valence-electron chi connectivity index (χ1n) is 6.29. The van der Waals surface area contributed by atoms with Crippen molar-refractivity contribution < 1.29 is 9.47 Å². The molecule has 1 N–H and O–H groups in total. The molecule has 0 saturated carbocycles. The van der Waals surface area contributed by atoms with Crippen LogP contribution in [0.25, 0.3) is 0 Å². The maximum atomic E-state index is 6.01. The van der Waals surface area contributed by atoms with Gasteiger partial charge >= 0.3 is 0 Å². The SMILES string of the molecule is CNCC(OCC1CCOC1)c1ccccc1. The minimum absolute atomic E-state index is 0.141. The molecule has 1 aliphatic rings. The Labute approximate surface area is 103 Å². The van der Waals surface area contributed by atoms with Crippen molar-refractivity contribution in [3.63, 3.8) is 0 Å². The van der Waals surface area contributed by atoms with Crippen molar-refractivity contribution in [1.82, 2.24) is 5.32 Å². The number of rotatable bonds is 6. The molecule has 0 amide bonds. The molecule has 1 fully saturated rings. The average Bonchev–Trinajstić information content (AvgIpc) is 2.88. The topological polar surface area (TPSA) is 30.5 Å². The third-order valence-corrected chi connectivity index (χ3v) is 3.12. The molecule has 1 saturated heterocycles. The Bertz CT molecular complexity index is 309. The number of benzene rings is 1. The molecule has 17 heavy (non-hydrogen) atoms. The zero-order valence-electron chi connectivity index (χ0n) is 10.4. The Hall–Kier alpha value is -0.900. The number of hydrogen-bond acceptors (Lipinski definition) is 3. The molecule has 0 bridgehead atoms. The lowest BCUT2D eigenvalue weighted by Gasteiger charge is -2.19. The summed E-state index contributed by atoms with van der Waals surface area (Å²) in [5.41, 5.74) is 1.24. The smallest absolute Gasteiger partial charge is 0.0949 e. The molecule has 2 rings (SSSR count). The van der Waals surface area contributed by atoms with Gasteiger partial charge in [0.15, 0.2) is 0 Å². The highest BCUT2D eigenvalue weighted by molar-refractivity contribution is 5.17. The van der Waals surface area contributed by atoms with Crippen LogP contribution in [0.3, 0.4) is 0 Å². The molecule has 0 aliphatic carbocycles. The Morgan fingerprint density at radius 2 is 2.24 bits per heavy atom. The minimum atomic E-state index is 0.141. The summed E-state index contributed by atoms with van der Waals surface area (Å²) in [6.45, 7) is 3.37. The van der Waals surface area contributed by atoms with Crippen molar-refractivity contribution in [3.05, 3.63) is 35.9 Å². The molecular formula is C14H21NO2. The monoisotopic (exact) mass is 235 g/mol. The Morgan fingerprint density at radius 1 is 1.41 bits per heavy atom. The van der Waals surface area contributed by atoms with Gasteiger partial charge in [-0.2, -0.15) is 0 Å². The van der Waals surface area contributed by atoms with E-state index in [1.807, 2.05) is 13.1 Å². The lowest BCUT2D eigenvalue weighted by Crippen LogP contribution is -2.22. The van der Waals surface area contributed by atoms with Crippen LogP contribution < -0.4 is 5.32 Å². The molecule has 1 aromatic rings. The van der Waals surface area contributed by atoms with Crippen LogP contribution in [0.4, 0.5) is 0 Å². The average molecular weight is 235 g/mol. The second-order valence-electron chi connectivity index (χ2n) is 4.52. The summed E-state index contributed by atoms with van der Waals surface area (Å²) in [4.78, 5) is 0. The van der Waals surface area contributed by atoms with E-state index in [1.54, 1.807) is 0 Å². The largest absolute Gasteiger partial charge is 0.381 e. The van der Waals surface area contributed by atoms with Gasteiger partial charge in [-0.05, 0) is 19.0 Å². The molecule has 1 aromatic carbocycles. The molecule has 1 heterocycles. The number of likely N-dealkylation sites (N-methyl/N-ethyl adjacent to an activating group) is 1. The number of ether oxygens (including phenoxy) is 2. The first-order valence-corrected chi connectivity index (χ1v) is 6.29. The van der Waals surface area contributed by atoms with E-state index in [4.69, 9.17) is 9.47 Å². The van der Waals surface area contributed by atoms with Crippen molar-refractivity contribution in [2.24, 2.45) is 5.92 Å². The molecule has 3 heteroatoms. The van der Waals surface area contributed by atoms with E-state index in [-0.39, 0.29) is 6.10 Å². The van der Waals surface area contributed by atoms with Crippen LogP contribution in [0.15, 0.2) is 30.3 Å². The lowest BCUT2D eigenvalue weighted by molar-refractivity contribution is 0.0264. The highest BCUT2D eigenvalue weighted by Crippen LogP contribution is 2.20.